The Labute approximate surface area is 130 Å². The lowest BCUT2D eigenvalue weighted by molar-refractivity contribution is 0.379. The van der Waals surface area contributed by atoms with Gasteiger partial charge < -0.3 is 4.42 Å². The first-order chi connectivity index (χ1) is 10.1. The minimum absolute atomic E-state index is 0.145. The second-order valence-corrected chi connectivity index (χ2v) is 9.45. The maximum Gasteiger partial charge on any atom is 0.276 e. The Morgan fingerprint density at radius 3 is 2.62 bits per heavy atom. The molecule has 2 fully saturated rings. The Bertz CT molecular complexity index is 565. The lowest BCUT2D eigenvalue weighted by Crippen LogP contribution is -2.08. The van der Waals surface area contributed by atoms with Crippen molar-refractivity contribution in [1.82, 2.24) is 10.2 Å². The molecular weight excluding hydrogens is 308 g/mol. The molecule has 118 valence electrons. The van der Waals surface area contributed by atoms with Gasteiger partial charge in [0.1, 0.15) is 0 Å². The zero-order chi connectivity index (χ0) is 14.7. The van der Waals surface area contributed by atoms with Gasteiger partial charge in [-0.3, -0.25) is 0 Å². The molecule has 0 aromatic carbocycles. The summed E-state index contributed by atoms with van der Waals surface area (Å²) in [5.74, 6) is 3.13. The summed E-state index contributed by atoms with van der Waals surface area (Å²) in [6.07, 6.45) is 8.00. The summed E-state index contributed by atoms with van der Waals surface area (Å²) in [6, 6.07) is 0. The van der Waals surface area contributed by atoms with Gasteiger partial charge in [-0.1, -0.05) is 31.0 Å². The average molecular weight is 330 g/mol. The molecule has 1 atom stereocenters. The second-order valence-electron chi connectivity index (χ2n) is 6.25. The average Bonchev–Trinajstić information content (AvgIpc) is 3.04. The predicted molar refractivity (Wildman–Crippen MR) is 82.1 cm³/mol. The van der Waals surface area contributed by atoms with Gasteiger partial charge in [0.15, 0.2) is 9.84 Å². The van der Waals surface area contributed by atoms with Crippen LogP contribution in [0.25, 0.3) is 0 Å². The second kappa shape index (κ2) is 6.69. The van der Waals surface area contributed by atoms with Crippen molar-refractivity contribution >= 4 is 21.6 Å². The summed E-state index contributed by atoms with van der Waals surface area (Å²) in [5, 5.41) is 8.77. The van der Waals surface area contributed by atoms with Crippen LogP contribution in [0.3, 0.4) is 0 Å². The molecule has 1 aromatic rings. The Kier molecular flexibility index (Phi) is 4.88. The highest BCUT2D eigenvalue weighted by Gasteiger charge is 2.29. The standard InChI is InChI=1S/C14H22N2O3S2/c17-21(18)7-6-12(10-21)8-13-15-16-14(19-13)20-9-11-4-2-1-3-5-11/h11-12H,1-10H2/t12-/m1/s1. The van der Waals surface area contributed by atoms with Crippen molar-refractivity contribution in [1.29, 1.82) is 0 Å². The highest BCUT2D eigenvalue weighted by atomic mass is 32.2. The summed E-state index contributed by atoms with van der Waals surface area (Å²) in [6.45, 7) is 0. The van der Waals surface area contributed by atoms with Gasteiger partial charge in [0, 0.05) is 12.2 Å². The van der Waals surface area contributed by atoms with E-state index in [-0.39, 0.29) is 11.7 Å². The van der Waals surface area contributed by atoms with Crippen LogP contribution in [0.15, 0.2) is 9.64 Å². The van der Waals surface area contributed by atoms with E-state index in [0.29, 0.717) is 23.3 Å². The van der Waals surface area contributed by atoms with Crippen LogP contribution >= 0.6 is 11.8 Å². The first-order valence-corrected chi connectivity index (χ1v) is 10.6. The van der Waals surface area contributed by atoms with Crippen molar-refractivity contribution in [3.05, 3.63) is 5.89 Å². The number of hydrogen-bond donors (Lipinski definition) is 0. The first kappa shape index (κ1) is 15.3. The van der Waals surface area contributed by atoms with Crippen molar-refractivity contribution < 1.29 is 12.8 Å². The van der Waals surface area contributed by atoms with Crippen LogP contribution in [0, 0.1) is 11.8 Å². The third-order valence-electron chi connectivity index (χ3n) is 4.41. The summed E-state index contributed by atoms with van der Waals surface area (Å²) < 4.78 is 28.5. The summed E-state index contributed by atoms with van der Waals surface area (Å²) in [4.78, 5) is 0. The topological polar surface area (TPSA) is 73.1 Å². The van der Waals surface area contributed by atoms with Gasteiger partial charge in [0.2, 0.25) is 5.89 Å². The van der Waals surface area contributed by atoms with E-state index < -0.39 is 9.84 Å². The van der Waals surface area contributed by atoms with Gasteiger partial charge in [0.25, 0.3) is 5.22 Å². The summed E-state index contributed by atoms with van der Waals surface area (Å²) in [7, 11) is -2.83. The Hall–Kier alpha value is -0.560. The fourth-order valence-corrected chi connectivity index (χ4v) is 6.03. The molecule has 21 heavy (non-hydrogen) atoms. The fraction of sp³-hybridized carbons (Fsp3) is 0.857. The van der Waals surface area contributed by atoms with Crippen molar-refractivity contribution in [3.63, 3.8) is 0 Å². The highest BCUT2D eigenvalue weighted by Crippen LogP contribution is 2.30. The van der Waals surface area contributed by atoms with Gasteiger partial charge in [0.05, 0.1) is 11.5 Å². The molecule has 1 saturated heterocycles. The SMILES string of the molecule is O=S1(=O)CC[C@H](Cc2nnc(SCC3CCCCC3)o2)C1. The number of aromatic nitrogens is 2. The van der Waals surface area contributed by atoms with E-state index in [4.69, 9.17) is 4.42 Å². The molecule has 7 heteroatoms. The van der Waals surface area contributed by atoms with E-state index in [1.807, 2.05) is 0 Å². The molecule has 0 radical (unpaired) electrons. The van der Waals surface area contributed by atoms with E-state index in [0.717, 1.165) is 18.1 Å². The number of nitrogens with zero attached hydrogens (tertiary/aromatic N) is 2. The number of thioether (sulfide) groups is 1. The van der Waals surface area contributed by atoms with Crippen molar-refractivity contribution in [3.8, 4) is 0 Å². The molecule has 0 amide bonds. The van der Waals surface area contributed by atoms with Gasteiger partial charge >= 0.3 is 0 Å². The fourth-order valence-electron chi connectivity index (χ4n) is 3.20. The number of sulfone groups is 1. The number of rotatable bonds is 5. The van der Waals surface area contributed by atoms with E-state index in [2.05, 4.69) is 10.2 Å². The maximum absolute atomic E-state index is 11.4. The maximum atomic E-state index is 11.4. The zero-order valence-electron chi connectivity index (χ0n) is 12.2. The molecule has 0 spiro atoms. The van der Waals surface area contributed by atoms with Crippen LogP contribution in [0.5, 0.6) is 0 Å². The van der Waals surface area contributed by atoms with Crippen molar-refractivity contribution in [2.75, 3.05) is 17.3 Å². The lowest BCUT2D eigenvalue weighted by atomic mass is 9.91. The monoisotopic (exact) mass is 330 g/mol. The van der Waals surface area contributed by atoms with Crippen LogP contribution in [-0.2, 0) is 16.3 Å². The highest BCUT2D eigenvalue weighted by molar-refractivity contribution is 7.99. The van der Waals surface area contributed by atoms with E-state index in [1.165, 1.54) is 32.1 Å². The Morgan fingerprint density at radius 1 is 1.10 bits per heavy atom. The largest absolute Gasteiger partial charge is 0.416 e. The third kappa shape index (κ3) is 4.45. The summed E-state index contributed by atoms with van der Waals surface area (Å²) >= 11 is 1.65. The van der Waals surface area contributed by atoms with E-state index in [9.17, 15) is 8.42 Å². The normalized spacial score (nSPS) is 26.2. The molecule has 2 heterocycles. The van der Waals surface area contributed by atoms with Crippen molar-refractivity contribution in [2.24, 2.45) is 11.8 Å². The molecule has 5 nitrogen and oxygen atoms in total. The molecule has 1 aliphatic carbocycles. The minimum atomic E-state index is -2.83. The van der Waals surface area contributed by atoms with Gasteiger partial charge in [-0.2, -0.15) is 0 Å². The van der Waals surface area contributed by atoms with Crippen LogP contribution in [0.4, 0.5) is 0 Å². The van der Waals surface area contributed by atoms with Crippen LogP contribution in [-0.4, -0.2) is 35.9 Å². The molecule has 0 unspecified atom stereocenters. The Balaban J connectivity index is 1.47. The molecular formula is C14H22N2O3S2. The third-order valence-corrected chi connectivity index (χ3v) is 7.29. The smallest absolute Gasteiger partial charge is 0.276 e. The molecule has 0 bridgehead atoms. The van der Waals surface area contributed by atoms with Gasteiger partial charge in [-0.15, -0.1) is 10.2 Å². The first-order valence-electron chi connectivity index (χ1n) is 7.76. The van der Waals surface area contributed by atoms with Crippen molar-refractivity contribution in [2.45, 2.75) is 50.2 Å². The van der Waals surface area contributed by atoms with Gasteiger partial charge in [-0.25, -0.2) is 8.42 Å². The molecule has 1 saturated carbocycles. The molecule has 0 N–H and O–H groups in total. The quantitative estimate of drug-likeness (QED) is 0.773. The molecule has 3 rings (SSSR count). The van der Waals surface area contributed by atoms with Crippen LogP contribution in [0.1, 0.15) is 44.4 Å². The zero-order valence-corrected chi connectivity index (χ0v) is 13.8. The van der Waals surface area contributed by atoms with Crippen LogP contribution < -0.4 is 0 Å². The lowest BCUT2D eigenvalue weighted by Gasteiger charge is -2.19. The predicted octanol–water partition coefficient (Wildman–Crippen LogP) is 2.72. The van der Waals surface area contributed by atoms with E-state index in [1.54, 1.807) is 11.8 Å². The van der Waals surface area contributed by atoms with Crippen LogP contribution in [0.2, 0.25) is 0 Å². The number of hydrogen-bond acceptors (Lipinski definition) is 6. The van der Waals surface area contributed by atoms with E-state index >= 15 is 0 Å². The summed E-state index contributed by atoms with van der Waals surface area (Å²) in [5.41, 5.74) is 0. The minimum Gasteiger partial charge on any atom is -0.416 e. The van der Waals surface area contributed by atoms with Gasteiger partial charge in [-0.05, 0) is 31.1 Å². The Morgan fingerprint density at radius 2 is 1.90 bits per heavy atom. The molecule has 1 aliphatic heterocycles. The molecule has 1 aromatic heterocycles. The molecule has 2 aliphatic rings.